The molecule has 2 nitrogen and oxygen atoms in total. The maximum absolute atomic E-state index is 5.81. The van der Waals surface area contributed by atoms with Crippen LogP contribution in [0, 0.1) is 0 Å². The second-order valence-electron chi connectivity index (χ2n) is 3.38. The molecular weight excluding hydrogens is 260 g/mol. The number of aromatic nitrogens is 1. The monoisotopic (exact) mass is 272 g/mol. The van der Waals surface area contributed by atoms with Crippen molar-refractivity contribution in [1.29, 1.82) is 0 Å². The number of thiophene rings is 1. The molecule has 16 heavy (non-hydrogen) atoms. The third-order valence-electron chi connectivity index (χ3n) is 2.17. The van der Waals surface area contributed by atoms with E-state index in [-0.39, 0.29) is 0 Å². The highest BCUT2D eigenvalue weighted by Crippen LogP contribution is 2.19. The highest BCUT2D eigenvalue weighted by atomic mass is 35.5. The van der Waals surface area contributed by atoms with Crippen LogP contribution in [0.4, 0.5) is 0 Å². The molecule has 0 radical (unpaired) electrons. The van der Waals surface area contributed by atoms with Crippen molar-refractivity contribution in [2.24, 2.45) is 0 Å². The van der Waals surface area contributed by atoms with E-state index in [0.717, 1.165) is 28.9 Å². The van der Waals surface area contributed by atoms with Crippen LogP contribution in [0.25, 0.3) is 0 Å². The molecule has 5 heteroatoms. The van der Waals surface area contributed by atoms with Gasteiger partial charge in [-0.3, -0.25) is 0 Å². The number of halogens is 1. The Morgan fingerprint density at radius 1 is 1.25 bits per heavy atom. The van der Waals surface area contributed by atoms with Crippen LogP contribution in [0.3, 0.4) is 0 Å². The Hall–Kier alpha value is -0.420. The van der Waals surface area contributed by atoms with Crippen LogP contribution in [0.2, 0.25) is 4.34 Å². The molecule has 2 rings (SSSR count). The first kappa shape index (κ1) is 12.0. The average molecular weight is 273 g/mol. The maximum atomic E-state index is 5.81. The summed E-state index contributed by atoms with van der Waals surface area (Å²) in [5.41, 5.74) is 0. The Morgan fingerprint density at radius 2 is 2.06 bits per heavy atom. The van der Waals surface area contributed by atoms with Gasteiger partial charge in [0.15, 0.2) is 0 Å². The third-order valence-corrected chi connectivity index (χ3v) is 4.51. The molecule has 2 aromatic heterocycles. The van der Waals surface area contributed by atoms with E-state index in [1.54, 1.807) is 6.20 Å². The highest BCUT2D eigenvalue weighted by molar-refractivity contribution is 7.15. The van der Waals surface area contributed by atoms with Crippen molar-refractivity contribution in [3.05, 3.63) is 37.4 Å². The van der Waals surface area contributed by atoms with Crippen LogP contribution in [-0.4, -0.2) is 4.98 Å². The summed E-state index contributed by atoms with van der Waals surface area (Å²) < 4.78 is 0.751. The minimum Gasteiger partial charge on any atom is -0.306 e. The van der Waals surface area contributed by atoms with E-state index in [4.69, 9.17) is 11.6 Å². The molecule has 2 heterocycles. The van der Waals surface area contributed by atoms with Gasteiger partial charge in [0.25, 0.3) is 0 Å². The summed E-state index contributed by atoms with van der Waals surface area (Å²) in [5, 5.41) is 4.41. The van der Waals surface area contributed by atoms with E-state index in [1.807, 2.05) is 11.3 Å². The number of hydrogen-bond donors (Lipinski definition) is 1. The first-order valence-electron chi connectivity index (χ1n) is 5.16. The Labute approximate surface area is 108 Å². The predicted molar refractivity (Wildman–Crippen MR) is 71.4 cm³/mol. The summed E-state index contributed by atoms with van der Waals surface area (Å²) in [6.45, 7) is 3.87. The maximum Gasteiger partial charge on any atom is 0.113 e. The lowest BCUT2D eigenvalue weighted by Gasteiger charge is -1.99. The van der Waals surface area contributed by atoms with Crippen LogP contribution in [0.15, 0.2) is 18.3 Å². The fourth-order valence-electron chi connectivity index (χ4n) is 1.37. The standard InChI is InChI=1S/C11H13ClN2S2/c1-2-8-3-4-9(15-8)5-13-7-11-14-6-10(12)16-11/h3-4,6,13H,2,5,7H2,1H3. The summed E-state index contributed by atoms with van der Waals surface area (Å²) >= 11 is 9.20. The molecule has 1 N–H and O–H groups in total. The van der Waals surface area contributed by atoms with Gasteiger partial charge < -0.3 is 5.32 Å². The van der Waals surface area contributed by atoms with E-state index < -0.39 is 0 Å². The minimum atomic E-state index is 0.751. The molecule has 0 amide bonds. The van der Waals surface area contributed by atoms with Gasteiger partial charge in [0.2, 0.25) is 0 Å². The topological polar surface area (TPSA) is 24.9 Å². The van der Waals surface area contributed by atoms with Crippen molar-refractivity contribution in [2.45, 2.75) is 26.4 Å². The first-order chi connectivity index (χ1) is 7.78. The van der Waals surface area contributed by atoms with Gasteiger partial charge in [-0.1, -0.05) is 18.5 Å². The van der Waals surface area contributed by atoms with E-state index in [9.17, 15) is 0 Å². The Balaban J connectivity index is 1.79. The van der Waals surface area contributed by atoms with Gasteiger partial charge in [0, 0.05) is 22.8 Å². The molecule has 0 aromatic carbocycles. The van der Waals surface area contributed by atoms with E-state index in [0.29, 0.717) is 0 Å². The third kappa shape index (κ3) is 3.28. The number of nitrogens with zero attached hydrogens (tertiary/aromatic N) is 1. The van der Waals surface area contributed by atoms with E-state index in [2.05, 4.69) is 29.4 Å². The summed E-state index contributed by atoms with van der Waals surface area (Å²) in [6, 6.07) is 4.38. The van der Waals surface area contributed by atoms with Crippen molar-refractivity contribution in [3.63, 3.8) is 0 Å². The number of aryl methyl sites for hydroxylation is 1. The van der Waals surface area contributed by atoms with Crippen LogP contribution < -0.4 is 5.32 Å². The van der Waals surface area contributed by atoms with Crippen LogP contribution >= 0.6 is 34.3 Å². The van der Waals surface area contributed by atoms with E-state index >= 15 is 0 Å². The molecule has 0 atom stereocenters. The lowest BCUT2D eigenvalue weighted by Crippen LogP contribution is -2.11. The smallest absolute Gasteiger partial charge is 0.113 e. The van der Waals surface area contributed by atoms with Crippen LogP contribution in [-0.2, 0) is 19.5 Å². The Kier molecular flexibility index (Phi) is 4.35. The average Bonchev–Trinajstić information content (AvgIpc) is 2.88. The predicted octanol–water partition coefficient (Wildman–Crippen LogP) is 3.71. The van der Waals surface area contributed by atoms with Crippen molar-refractivity contribution in [3.8, 4) is 0 Å². The zero-order chi connectivity index (χ0) is 11.4. The zero-order valence-electron chi connectivity index (χ0n) is 9.00. The van der Waals surface area contributed by atoms with Gasteiger partial charge in [-0.15, -0.1) is 22.7 Å². The SMILES string of the molecule is CCc1ccc(CNCc2ncc(Cl)s2)s1. The summed E-state index contributed by atoms with van der Waals surface area (Å²) in [4.78, 5) is 7.01. The molecule has 86 valence electrons. The van der Waals surface area contributed by atoms with Crippen molar-refractivity contribution in [2.75, 3.05) is 0 Å². The zero-order valence-corrected chi connectivity index (χ0v) is 11.4. The molecule has 0 aliphatic rings. The quantitative estimate of drug-likeness (QED) is 0.898. The van der Waals surface area contributed by atoms with Crippen LogP contribution in [0.5, 0.6) is 0 Å². The van der Waals surface area contributed by atoms with Gasteiger partial charge in [0.1, 0.15) is 9.34 Å². The highest BCUT2D eigenvalue weighted by Gasteiger charge is 2.01. The molecule has 0 unspecified atom stereocenters. The minimum absolute atomic E-state index is 0.751. The number of hydrogen-bond acceptors (Lipinski definition) is 4. The number of nitrogens with one attached hydrogen (secondary N) is 1. The molecule has 0 aliphatic heterocycles. The molecule has 2 aromatic rings. The van der Waals surface area contributed by atoms with Crippen molar-refractivity contribution >= 4 is 34.3 Å². The van der Waals surface area contributed by atoms with Gasteiger partial charge in [-0.25, -0.2) is 4.98 Å². The fourth-order valence-corrected chi connectivity index (χ4v) is 3.22. The summed E-state index contributed by atoms with van der Waals surface area (Å²) in [6.07, 6.45) is 2.82. The molecule has 0 bridgehead atoms. The molecular formula is C11H13ClN2S2. The molecule has 0 saturated heterocycles. The second-order valence-corrected chi connectivity index (χ2v) is 6.38. The fraction of sp³-hybridized carbons (Fsp3) is 0.364. The van der Waals surface area contributed by atoms with Crippen LogP contribution in [0.1, 0.15) is 21.7 Å². The summed E-state index contributed by atoms with van der Waals surface area (Å²) in [5.74, 6) is 0. The second kappa shape index (κ2) is 5.77. The van der Waals surface area contributed by atoms with Gasteiger partial charge in [0.05, 0.1) is 6.20 Å². The number of thiazole rings is 1. The normalized spacial score (nSPS) is 10.9. The molecule has 0 saturated carbocycles. The van der Waals surface area contributed by atoms with Gasteiger partial charge >= 0.3 is 0 Å². The molecule has 0 fully saturated rings. The van der Waals surface area contributed by atoms with Gasteiger partial charge in [-0.05, 0) is 18.6 Å². The van der Waals surface area contributed by atoms with Crippen molar-refractivity contribution < 1.29 is 0 Å². The largest absolute Gasteiger partial charge is 0.306 e. The van der Waals surface area contributed by atoms with E-state index in [1.165, 1.54) is 21.1 Å². The Bertz CT molecular complexity index is 450. The molecule has 0 spiro atoms. The van der Waals surface area contributed by atoms with Crippen molar-refractivity contribution in [1.82, 2.24) is 10.3 Å². The Morgan fingerprint density at radius 3 is 2.69 bits per heavy atom. The summed E-state index contributed by atoms with van der Waals surface area (Å²) in [7, 11) is 0. The lowest BCUT2D eigenvalue weighted by molar-refractivity contribution is 0.697. The molecule has 0 aliphatic carbocycles. The first-order valence-corrected chi connectivity index (χ1v) is 7.17. The number of rotatable bonds is 5. The lowest BCUT2D eigenvalue weighted by atomic mass is 10.3. The van der Waals surface area contributed by atoms with Gasteiger partial charge in [-0.2, -0.15) is 0 Å².